The summed E-state index contributed by atoms with van der Waals surface area (Å²) >= 11 is 5.62. The van der Waals surface area contributed by atoms with Crippen LogP contribution in [0.1, 0.15) is 11.3 Å². The molecule has 2 aromatic rings. The molecule has 0 saturated carbocycles. The summed E-state index contributed by atoms with van der Waals surface area (Å²) in [6.45, 7) is -0.193. The van der Waals surface area contributed by atoms with Crippen molar-refractivity contribution in [3.8, 4) is 0 Å². The molecule has 0 bridgehead atoms. The van der Waals surface area contributed by atoms with Crippen molar-refractivity contribution < 1.29 is 23.1 Å². The van der Waals surface area contributed by atoms with E-state index in [0.717, 1.165) is 6.08 Å². The zero-order valence-corrected chi connectivity index (χ0v) is 12.7. The Labute approximate surface area is 136 Å². The molecule has 0 saturated heterocycles. The number of rotatable bonds is 6. The van der Waals surface area contributed by atoms with Gasteiger partial charge in [-0.2, -0.15) is 0 Å². The molecule has 0 unspecified atom stereocenters. The van der Waals surface area contributed by atoms with Crippen LogP contribution < -0.4 is 5.32 Å². The number of furan rings is 1. The number of nitrogens with one attached hydrogen (secondary N) is 1. The number of hydrogen-bond acceptors (Lipinski definition) is 4. The maximum atomic E-state index is 13.0. The third kappa shape index (κ3) is 5.60. The molecule has 0 aliphatic carbocycles. The average molecular weight is 338 g/mol. The summed E-state index contributed by atoms with van der Waals surface area (Å²) in [5.41, 5.74) is 0.538. The molecule has 0 aliphatic rings. The van der Waals surface area contributed by atoms with Gasteiger partial charge in [-0.1, -0.05) is 17.7 Å². The van der Waals surface area contributed by atoms with E-state index in [-0.39, 0.29) is 11.6 Å². The van der Waals surface area contributed by atoms with Crippen molar-refractivity contribution in [2.45, 2.75) is 6.54 Å². The lowest BCUT2D eigenvalue weighted by Crippen LogP contribution is -2.27. The van der Waals surface area contributed by atoms with Gasteiger partial charge in [-0.3, -0.25) is 4.79 Å². The predicted octanol–water partition coefficient (Wildman–Crippen LogP) is 2.94. The van der Waals surface area contributed by atoms with Gasteiger partial charge in [-0.25, -0.2) is 9.18 Å². The van der Waals surface area contributed by atoms with E-state index < -0.39 is 24.3 Å². The van der Waals surface area contributed by atoms with E-state index in [1.165, 1.54) is 30.5 Å². The van der Waals surface area contributed by atoms with E-state index >= 15 is 0 Å². The third-order valence-corrected chi connectivity index (χ3v) is 3.03. The first kappa shape index (κ1) is 16.8. The molecule has 0 fully saturated rings. The first-order chi connectivity index (χ1) is 11.0. The number of benzene rings is 1. The zero-order valence-electron chi connectivity index (χ0n) is 11.9. The average Bonchev–Trinajstić information content (AvgIpc) is 3.05. The Kier molecular flexibility index (Phi) is 5.94. The summed E-state index contributed by atoms with van der Waals surface area (Å²) in [6.07, 6.45) is 4.03. The van der Waals surface area contributed by atoms with Crippen LogP contribution in [0.2, 0.25) is 5.02 Å². The third-order valence-electron chi connectivity index (χ3n) is 2.74. The Hall–Kier alpha value is -2.60. The summed E-state index contributed by atoms with van der Waals surface area (Å²) in [6, 6.07) is 7.43. The largest absolute Gasteiger partial charge is 0.467 e. The van der Waals surface area contributed by atoms with Crippen LogP contribution in [0.15, 0.2) is 47.1 Å². The molecule has 120 valence electrons. The van der Waals surface area contributed by atoms with E-state index in [9.17, 15) is 14.0 Å². The van der Waals surface area contributed by atoms with Crippen molar-refractivity contribution in [2.24, 2.45) is 0 Å². The first-order valence-electron chi connectivity index (χ1n) is 6.63. The van der Waals surface area contributed by atoms with E-state index in [1.807, 2.05) is 0 Å². The molecule has 7 heteroatoms. The summed E-state index contributed by atoms with van der Waals surface area (Å²) in [7, 11) is 0. The summed E-state index contributed by atoms with van der Waals surface area (Å²) < 4.78 is 22.8. The number of carbonyl (C=O) groups excluding carboxylic acids is 2. The van der Waals surface area contributed by atoms with Crippen molar-refractivity contribution in [1.82, 2.24) is 5.32 Å². The number of hydrogen-bond donors (Lipinski definition) is 1. The van der Waals surface area contributed by atoms with Crippen LogP contribution in [0.3, 0.4) is 0 Å². The lowest BCUT2D eigenvalue weighted by Gasteiger charge is -2.03. The van der Waals surface area contributed by atoms with Gasteiger partial charge in [-0.05, 0) is 35.9 Å². The van der Waals surface area contributed by atoms with Gasteiger partial charge in [-0.15, -0.1) is 0 Å². The fourth-order valence-electron chi connectivity index (χ4n) is 1.62. The minimum atomic E-state index is -0.696. The molecule has 2 rings (SSSR count). The lowest BCUT2D eigenvalue weighted by atomic mass is 10.2. The first-order valence-corrected chi connectivity index (χ1v) is 7.01. The maximum Gasteiger partial charge on any atom is 0.331 e. The Morgan fingerprint density at radius 1 is 1.35 bits per heavy atom. The molecule has 1 amide bonds. The Balaban J connectivity index is 1.74. The molecule has 1 N–H and O–H groups in total. The van der Waals surface area contributed by atoms with E-state index in [1.54, 1.807) is 12.1 Å². The monoisotopic (exact) mass is 337 g/mol. The Morgan fingerprint density at radius 3 is 2.87 bits per heavy atom. The van der Waals surface area contributed by atoms with Crippen LogP contribution in [-0.4, -0.2) is 18.5 Å². The molecule has 0 radical (unpaired) electrons. The topological polar surface area (TPSA) is 68.5 Å². The number of amides is 1. The summed E-state index contributed by atoms with van der Waals surface area (Å²) in [5, 5.41) is 2.49. The standard InChI is InChI=1S/C16H13ClFNO4/c17-13-8-11(3-5-14(13)18)4-6-16(21)23-10-15(20)19-9-12-2-1-7-22-12/h1-8H,9-10H2,(H,19,20)/b6-4+. The lowest BCUT2D eigenvalue weighted by molar-refractivity contribution is -0.143. The normalized spacial score (nSPS) is 10.7. The van der Waals surface area contributed by atoms with Gasteiger partial charge in [0.25, 0.3) is 5.91 Å². The fourth-order valence-corrected chi connectivity index (χ4v) is 1.80. The van der Waals surface area contributed by atoms with E-state index in [4.69, 9.17) is 20.8 Å². The molecule has 0 atom stereocenters. The summed E-state index contributed by atoms with van der Waals surface area (Å²) in [5.74, 6) is -1.09. The van der Waals surface area contributed by atoms with Crippen molar-refractivity contribution in [1.29, 1.82) is 0 Å². The maximum absolute atomic E-state index is 13.0. The number of halogens is 2. The second-order valence-corrected chi connectivity index (χ2v) is 4.88. The smallest absolute Gasteiger partial charge is 0.331 e. The van der Waals surface area contributed by atoms with Crippen LogP contribution in [0.4, 0.5) is 4.39 Å². The van der Waals surface area contributed by atoms with Gasteiger partial charge in [0.2, 0.25) is 0 Å². The Bertz CT molecular complexity index is 713. The van der Waals surface area contributed by atoms with Crippen LogP contribution >= 0.6 is 11.6 Å². The SMILES string of the molecule is O=C(COC(=O)/C=C/c1ccc(F)c(Cl)c1)NCc1ccco1. The molecule has 23 heavy (non-hydrogen) atoms. The fraction of sp³-hybridized carbons (Fsp3) is 0.125. The minimum absolute atomic E-state index is 0.0437. The van der Waals surface area contributed by atoms with Gasteiger partial charge in [0.05, 0.1) is 17.8 Å². The molecule has 0 spiro atoms. The molecular weight excluding hydrogens is 325 g/mol. The molecule has 0 aliphatic heterocycles. The summed E-state index contributed by atoms with van der Waals surface area (Å²) in [4.78, 5) is 23.0. The van der Waals surface area contributed by atoms with Crippen molar-refractivity contribution in [3.63, 3.8) is 0 Å². The molecule has 5 nitrogen and oxygen atoms in total. The highest BCUT2D eigenvalue weighted by atomic mass is 35.5. The number of ether oxygens (including phenoxy) is 1. The molecule has 1 aromatic heterocycles. The van der Waals surface area contributed by atoms with E-state index in [0.29, 0.717) is 11.3 Å². The van der Waals surface area contributed by atoms with Gasteiger partial charge >= 0.3 is 5.97 Å². The molecule has 1 heterocycles. The van der Waals surface area contributed by atoms with Crippen molar-refractivity contribution in [3.05, 3.63) is 64.8 Å². The predicted molar refractivity (Wildman–Crippen MR) is 82.0 cm³/mol. The highest BCUT2D eigenvalue weighted by Crippen LogP contribution is 2.16. The minimum Gasteiger partial charge on any atom is -0.467 e. The molecular formula is C16H13ClFNO4. The van der Waals surface area contributed by atoms with Crippen LogP contribution in [0.25, 0.3) is 6.08 Å². The zero-order chi connectivity index (χ0) is 16.7. The highest BCUT2D eigenvalue weighted by molar-refractivity contribution is 6.30. The highest BCUT2D eigenvalue weighted by Gasteiger charge is 2.06. The van der Waals surface area contributed by atoms with Gasteiger partial charge in [0.1, 0.15) is 11.6 Å². The van der Waals surface area contributed by atoms with Gasteiger partial charge in [0, 0.05) is 6.08 Å². The van der Waals surface area contributed by atoms with Crippen LogP contribution in [-0.2, 0) is 20.9 Å². The van der Waals surface area contributed by atoms with Crippen molar-refractivity contribution in [2.75, 3.05) is 6.61 Å². The van der Waals surface area contributed by atoms with Crippen LogP contribution in [0.5, 0.6) is 0 Å². The Morgan fingerprint density at radius 2 is 2.17 bits per heavy atom. The molecule has 1 aromatic carbocycles. The second-order valence-electron chi connectivity index (χ2n) is 4.47. The van der Waals surface area contributed by atoms with Crippen LogP contribution in [0, 0.1) is 5.82 Å². The van der Waals surface area contributed by atoms with Gasteiger partial charge < -0.3 is 14.5 Å². The second kappa shape index (κ2) is 8.14. The number of carbonyl (C=O) groups is 2. The van der Waals surface area contributed by atoms with Crippen molar-refractivity contribution >= 4 is 29.6 Å². The van der Waals surface area contributed by atoms with Gasteiger partial charge in [0.15, 0.2) is 6.61 Å². The number of esters is 1. The quantitative estimate of drug-likeness (QED) is 0.650. The van der Waals surface area contributed by atoms with E-state index in [2.05, 4.69) is 5.32 Å².